The van der Waals surface area contributed by atoms with E-state index in [0.29, 0.717) is 34.8 Å². The lowest BCUT2D eigenvalue weighted by atomic mass is 10.0. The molecule has 0 aliphatic carbocycles. The van der Waals surface area contributed by atoms with Crippen molar-refractivity contribution in [3.05, 3.63) is 90.3 Å². The Kier molecular flexibility index (Phi) is 6.34. The highest BCUT2D eigenvalue weighted by molar-refractivity contribution is 6.36. The summed E-state index contributed by atoms with van der Waals surface area (Å²) in [5.41, 5.74) is 11.8. The summed E-state index contributed by atoms with van der Waals surface area (Å²) >= 11 is 12.2. The van der Waals surface area contributed by atoms with Crippen molar-refractivity contribution in [1.82, 2.24) is 5.32 Å². The molecule has 3 rings (SSSR count). The average molecular weight is 465 g/mol. The molecule has 0 amide bonds. The molecule has 12 heteroatoms. The topological polar surface area (TPSA) is 162 Å². The smallest absolute Gasteiger partial charge is 0.308 e. The second kappa shape index (κ2) is 8.80. The molecule has 0 saturated heterocycles. The molecule has 1 aliphatic heterocycles. The van der Waals surface area contributed by atoms with Gasteiger partial charge in [0.1, 0.15) is 5.66 Å². The molecule has 0 fully saturated rings. The van der Waals surface area contributed by atoms with Crippen molar-refractivity contribution in [2.75, 3.05) is 11.9 Å². The van der Waals surface area contributed by atoms with Gasteiger partial charge in [-0.1, -0.05) is 29.3 Å². The molecule has 1 atom stereocenters. The number of hydrogen-bond donors (Lipinski definition) is 4. The minimum Gasteiger partial charge on any atom is -0.385 e. The quantitative estimate of drug-likeness (QED) is 0.356. The van der Waals surface area contributed by atoms with Gasteiger partial charge >= 0.3 is 5.70 Å². The molecular weight excluding hydrogens is 447 g/mol. The number of allylic oxidation sites excluding steroid dienone is 1. The van der Waals surface area contributed by atoms with Crippen LogP contribution in [0.3, 0.4) is 0 Å². The van der Waals surface area contributed by atoms with Crippen LogP contribution >= 0.6 is 23.2 Å². The van der Waals surface area contributed by atoms with Gasteiger partial charge in [0, 0.05) is 41.4 Å². The number of nitrogens with zero attached hydrogens (tertiary/aromatic N) is 2. The van der Waals surface area contributed by atoms with Gasteiger partial charge in [0.25, 0.3) is 5.69 Å². The zero-order chi connectivity index (χ0) is 22.8. The van der Waals surface area contributed by atoms with Crippen LogP contribution in [0.15, 0.2) is 60.1 Å². The summed E-state index contributed by atoms with van der Waals surface area (Å²) in [6.07, 6.45) is 3.06. The fraction of sp³-hybridized carbons (Fsp3) is 0.158. The van der Waals surface area contributed by atoms with Crippen LogP contribution in [-0.2, 0) is 0 Å². The number of nitro groups is 2. The van der Waals surface area contributed by atoms with Crippen LogP contribution in [-0.4, -0.2) is 22.1 Å². The van der Waals surface area contributed by atoms with Gasteiger partial charge in [0.2, 0.25) is 0 Å². The van der Waals surface area contributed by atoms with Gasteiger partial charge in [-0.05, 0) is 30.3 Å². The summed E-state index contributed by atoms with van der Waals surface area (Å²) in [5, 5.41) is 28.9. The molecule has 10 nitrogen and oxygen atoms in total. The molecule has 6 N–H and O–H groups in total. The monoisotopic (exact) mass is 464 g/mol. The Labute approximate surface area is 186 Å². The van der Waals surface area contributed by atoms with E-state index < -0.39 is 15.5 Å². The summed E-state index contributed by atoms with van der Waals surface area (Å²) < 4.78 is 0. The minimum atomic E-state index is -1.08. The van der Waals surface area contributed by atoms with Crippen LogP contribution in [0, 0.1) is 20.2 Å². The number of dihydropyridines is 1. The van der Waals surface area contributed by atoms with Crippen molar-refractivity contribution >= 4 is 34.6 Å². The fourth-order valence-corrected chi connectivity index (χ4v) is 3.63. The highest BCUT2D eigenvalue weighted by Gasteiger charge is 2.30. The van der Waals surface area contributed by atoms with Crippen molar-refractivity contribution in [3.63, 3.8) is 0 Å². The normalized spacial score (nSPS) is 17.9. The first-order valence-corrected chi connectivity index (χ1v) is 9.73. The number of halogens is 2. The van der Waals surface area contributed by atoms with Gasteiger partial charge in [-0.25, -0.2) is 0 Å². The number of anilines is 1. The number of nitrogens with two attached hydrogens (primary N) is 2. The van der Waals surface area contributed by atoms with Crippen LogP contribution in [0.25, 0.3) is 11.1 Å². The zero-order valence-electron chi connectivity index (χ0n) is 16.0. The van der Waals surface area contributed by atoms with Gasteiger partial charge in [0.05, 0.1) is 20.4 Å². The summed E-state index contributed by atoms with van der Waals surface area (Å²) in [4.78, 5) is 21.3. The van der Waals surface area contributed by atoms with E-state index in [1.54, 1.807) is 24.3 Å². The molecular formula is C19H18Cl2N6O4. The summed E-state index contributed by atoms with van der Waals surface area (Å²) in [6.45, 7) is 0.348. The summed E-state index contributed by atoms with van der Waals surface area (Å²) in [7, 11) is 0. The number of nitrogens with one attached hydrogen (secondary N) is 2. The Morgan fingerprint density at radius 2 is 1.81 bits per heavy atom. The number of hydrogen-bond acceptors (Lipinski definition) is 8. The Bertz CT molecular complexity index is 1120. The highest BCUT2D eigenvalue weighted by atomic mass is 35.5. The summed E-state index contributed by atoms with van der Waals surface area (Å²) in [6, 6.07) is 9.28. The summed E-state index contributed by atoms with van der Waals surface area (Å²) in [5.74, 6) is -0.120. The van der Waals surface area contributed by atoms with Crippen molar-refractivity contribution < 1.29 is 9.85 Å². The van der Waals surface area contributed by atoms with Crippen molar-refractivity contribution in [2.45, 2.75) is 12.1 Å². The van der Waals surface area contributed by atoms with Crippen molar-refractivity contribution in [1.29, 1.82) is 0 Å². The van der Waals surface area contributed by atoms with Gasteiger partial charge in [-0.2, -0.15) is 0 Å². The minimum absolute atomic E-state index is 0.104. The molecule has 162 valence electrons. The van der Waals surface area contributed by atoms with E-state index >= 15 is 0 Å². The van der Waals surface area contributed by atoms with E-state index in [0.717, 1.165) is 0 Å². The van der Waals surface area contributed by atoms with Crippen LogP contribution in [0.1, 0.15) is 6.42 Å². The second-order valence-electron chi connectivity index (χ2n) is 6.84. The largest absolute Gasteiger partial charge is 0.385 e. The van der Waals surface area contributed by atoms with Gasteiger partial charge < -0.3 is 22.1 Å². The van der Waals surface area contributed by atoms with Crippen LogP contribution < -0.4 is 22.1 Å². The molecule has 1 aliphatic rings. The molecule has 1 unspecified atom stereocenters. The van der Waals surface area contributed by atoms with E-state index in [4.69, 9.17) is 34.7 Å². The molecule has 0 aromatic heterocycles. The molecule has 1 heterocycles. The van der Waals surface area contributed by atoms with Gasteiger partial charge in [-0.3, -0.25) is 20.2 Å². The molecule has 31 heavy (non-hydrogen) atoms. The fourth-order valence-electron chi connectivity index (χ4n) is 3.12. The van der Waals surface area contributed by atoms with Crippen molar-refractivity contribution in [3.8, 4) is 11.1 Å². The Morgan fingerprint density at radius 3 is 2.42 bits per heavy atom. The average Bonchev–Trinajstić information content (AvgIpc) is 2.67. The van der Waals surface area contributed by atoms with Gasteiger partial charge in [0.15, 0.2) is 5.82 Å². The number of benzene rings is 2. The third-order valence-electron chi connectivity index (χ3n) is 4.66. The maximum atomic E-state index is 11.5. The van der Waals surface area contributed by atoms with Crippen LogP contribution in [0.2, 0.25) is 10.0 Å². The third kappa shape index (κ3) is 5.05. The Hall–Kier alpha value is -3.34. The predicted molar refractivity (Wildman–Crippen MR) is 119 cm³/mol. The molecule has 0 saturated carbocycles. The molecule has 2 aromatic carbocycles. The maximum absolute atomic E-state index is 11.5. The standard InChI is InChI=1S/C19H18Cl2N6O4/c20-11-1-3-13(15(21)9-11)14-10-12(2-4-16(14)26(28)29)24-8-7-19(23)6-5-17(27(30)31)18(22)25-19/h1-6,9-10,24-25H,7-8,22-23H2. The molecule has 2 aromatic rings. The predicted octanol–water partition coefficient (Wildman–Crippen LogP) is 3.59. The Balaban J connectivity index is 1.77. The first-order chi connectivity index (χ1) is 14.6. The zero-order valence-corrected chi connectivity index (χ0v) is 17.5. The third-order valence-corrected chi connectivity index (χ3v) is 5.21. The van der Waals surface area contributed by atoms with E-state index in [-0.39, 0.29) is 22.2 Å². The second-order valence-corrected chi connectivity index (χ2v) is 7.69. The first kappa shape index (κ1) is 22.3. The maximum Gasteiger partial charge on any atom is 0.308 e. The Morgan fingerprint density at radius 1 is 1.06 bits per heavy atom. The molecule has 0 bridgehead atoms. The number of rotatable bonds is 7. The molecule has 0 radical (unpaired) electrons. The molecule has 0 spiro atoms. The van der Waals surface area contributed by atoms with Crippen LogP contribution in [0.4, 0.5) is 11.4 Å². The van der Waals surface area contributed by atoms with E-state index in [2.05, 4.69) is 10.6 Å². The SMILES string of the molecule is NC1=C([N+](=O)[O-])C=CC(N)(CCNc2ccc([N+](=O)[O-])c(-c3ccc(Cl)cc3Cl)c2)N1. The van der Waals surface area contributed by atoms with E-state index in [1.165, 1.54) is 24.3 Å². The van der Waals surface area contributed by atoms with Crippen LogP contribution in [0.5, 0.6) is 0 Å². The lowest BCUT2D eigenvalue weighted by Gasteiger charge is -2.30. The van der Waals surface area contributed by atoms with E-state index in [9.17, 15) is 20.2 Å². The highest BCUT2D eigenvalue weighted by Crippen LogP contribution is 2.37. The lowest BCUT2D eigenvalue weighted by Crippen LogP contribution is -2.55. The number of nitro benzene ring substituents is 1. The lowest BCUT2D eigenvalue weighted by molar-refractivity contribution is -0.421. The van der Waals surface area contributed by atoms with Crippen molar-refractivity contribution in [2.24, 2.45) is 11.5 Å². The van der Waals surface area contributed by atoms with E-state index in [1.807, 2.05) is 0 Å². The first-order valence-electron chi connectivity index (χ1n) is 8.98. The van der Waals surface area contributed by atoms with Gasteiger partial charge in [-0.15, -0.1) is 0 Å².